The number of hydrogen-bond acceptors (Lipinski definition) is 5. The molecule has 1 aliphatic carbocycles. The predicted octanol–water partition coefficient (Wildman–Crippen LogP) is 5.70. The molecule has 0 bridgehead atoms. The molecule has 5 rings (SSSR count). The molecule has 1 amide bonds. The number of hydrogen-bond donors (Lipinski definition) is 1. The molecule has 0 spiro atoms. The Bertz CT molecular complexity index is 1300. The number of aliphatic carboxylic acids is 1. The van der Waals surface area contributed by atoms with Crippen LogP contribution in [0.3, 0.4) is 0 Å². The number of carboxylic acid groups (broad SMARTS) is 1. The van der Waals surface area contributed by atoms with Crippen molar-refractivity contribution in [3.63, 3.8) is 0 Å². The first kappa shape index (κ1) is 26.8. The van der Waals surface area contributed by atoms with Crippen LogP contribution in [0.15, 0.2) is 72.8 Å². The summed E-state index contributed by atoms with van der Waals surface area (Å²) in [5.41, 5.74) is 1.79. The number of ether oxygens (including phenoxy) is 3. The molecule has 0 aromatic heterocycles. The van der Waals surface area contributed by atoms with Gasteiger partial charge in [-0.05, 0) is 42.5 Å². The van der Waals surface area contributed by atoms with Crippen LogP contribution in [-0.4, -0.2) is 40.6 Å². The lowest BCUT2D eigenvalue weighted by Gasteiger charge is -2.44. The Morgan fingerprint density at radius 1 is 1.00 bits per heavy atom. The molecule has 3 aromatic rings. The van der Waals surface area contributed by atoms with E-state index in [0.29, 0.717) is 18.1 Å². The average Bonchev–Trinajstić information content (AvgIpc) is 3.48. The van der Waals surface area contributed by atoms with E-state index in [1.807, 2.05) is 72.8 Å². The molecular weight excluding hydrogens is 494 g/mol. The number of carboxylic acids is 1. The topological polar surface area (TPSA) is 85.3 Å². The highest BCUT2D eigenvalue weighted by Gasteiger charge is 2.49. The van der Waals surface area contributed by atoms with Crippen LogP contribution in [0.1, 0.15) is 61.0 Å². The van der Waals surface area contributed by atoms with Crippen molar-refractivity contribution >= 4 is 11.9 Å². The molecule has 0 radical (unpaired) electrons. The minimum absolute atomic E-state index is 0.0189. The lowest BCUT2D eigenvalue weighted by atomic mass is 9.82. The van der Waals surface area contributed by atoms with Gasteiger partial charge in [-0.2, -0.15) is 0 Å². The fourth-order valence-corrected chi connectivity index (χ4v) is 5.60. The van der Waals surface area contributed by atoms with E-state index in [0.717, 1.165) is 47.9 Å². The van der Waals surface area contributed by atoms with Gasteiger partial charge in [0.15, 0.2) is 17.6 Å². The maximum absolute atomic E-state index is 14.2. The Kier molecular flexibility index (Phi) is 7.89. The van der Waals surface area contributed by atoms with Crippen LogP contribution < -0.4 is 9.47 Å². The molecule has 0 saturated heterocycles. The lowest BCUT2D eigenvalue weighted by molar-refractivity contribution is -0.168. The van der Waals surface area contributed by atoms with Crippen molar-refractivity contribution in [1.82, 2.24) is 4.90 Å². The first-order chi connectivity index (χ1) is 18.9. The minimum Gasteiger partial charge on any atom is -0.493 e. The Morgan fingerprint density at radius 3 is 2.31 bits per heavy atom. The van der Waals surface area contributed by atoms with Gasteiger partial charge in [0.2, 0.25) is 0 Å². The summed E-state index contributed by atoms with van der Waals surface area (Å²) in [4.78, 5) is 28.5. The van der Waals surface area contributed by atoms with Gasteiger partial charge < -0.3 is 24.2 Å². The van der Waals surface area contributed by atoms with Gasteiger partial charge in [0.1, 0.15) is 12.1 Å². The lowest BCUT2D eigenvalue weighted by Crippen LogP contribution is -2.59. The number of methoxy groups -OCH3 is 1. The van der Waals surface area contributed by atoms with Gasteiger partial charge in [0.05, 0.1) is 13.2 Å². The van der Waals surface area contributed by atoms with E-state index >= 15 is 0 Å². The Balaban J connectivity index is 1.50. The summed E-state index contributed by atoms with van der Waals surface area (Å²) in [7, 11) is 1.57. The van der Waals surface area contributed by atoms with E-state index in [1.165, 1.54) is 4.90 Å². The normalized spacial score (nSPS) is 19.8. The summed E-state index contributed by atoms with van der Waals surface area (Å²) in [5.74, 6) is -0.374. The molecule has 0 unspecified atom stereocenters. The van der Waals surface area contributed by atoms with E-state index in [9.17, 15) is 14.7 Å². The average molecular weight is 530 g/mol. The number of rotatable bonds is 9. The highest BCUT2D eigenvalue weighted by Crippen LogP contribution is 2.43. The van der Waals surface area contributed by atoms with Crippen molar-refractivity contribution in [3.8, 4) is 11.5 Å². The van der Waals surface area contributed by atoms with Gasteiger partial charge in [0.25, 0.3) is 5.91 Å². The molecule has 1 fully saturated rings. The summed E-state index contributed by atoms with van der Waals surface area (Å²) < 4.78 is 18.2. The van der Waals surface area contributed by atoms with Crippen molar-refractivity contribution in [2.24, 2.45) is 0 Å². The van der Waals surface area contributed by atoms with Crippen molar-refractivity contribution in [2.75, 3.05) is 7.11 Å². The summed E-state index contributed by atoms with van der Waals surface area (Å²) in [6.07, 6.45) is 3.12. The Hall–Kier alpha value is -3.84. The molecule has 39 heavy (non-hydrogen) atoms. The number of carbonyl (C=O) groups is 2. The van der Waals surface area contributed by atoms with Gasteiger partial charge in [-0.25, -0.2) is 4.79 Å². The van der Waals surface area contributed by atoms with Crippen molar-refractivity contribution in [3.05, 3.63) is 95.1 Å². The molecule has 1 aliphatic heterocycles. The minimum atomic E-state index is -1.51. The maximum atomic E-state index is 14.2. The molecule has 1 N–H and O–H groups in total. The van der Waals surface area contributed by atoms with E-state index in [4.69, 9.17) is 14.2 Å². The fourth-order valence-electron chi connectivity index (χ4n) is 5.60. The highest BCUT2D eigenvalue weighted by molar-refractivity contribution is 5.90. The number of carbonyl (C=O) groups excluding carboxylic acids is 1. The second-order valence-corrected chi connectivity index (χ2v) is 10.5. The smallest absolute Gasteiger partial charge is 0.329 e. The van der Waals surface area contributed by atoms with Crippen molar-refractivity contribution < 1.29 is 28.9 Å². The van der Waals surface area contributed by atoms with Gasteiger partial charge in [-0.15, -0.1) is 0 Å². The SMILES string of the molecule is COc1ccc2c(c1OCc1ccccc1)C[C@@](C)(C(=O)O)N(C(=O)[C@@H](OC1CCCC1)c1ccccc1)C2. The van der Waals surface area contributed by atoms with Crippen LogP contribution in [0.2, 0.25) is 0 Å². The van der Waals surface area contributed by atoms with Crippen LogP contribution in [0, 0.1) is 0 Å². The molecule has 7 nitrogen and oxygen atoms in total. The zero-order chi connectivity index (χ0) is 27.4. The van der Waals surface area contributed by atoms with Crippen LogP contribution in [0.25, 0.3) is 0 Å². The zero-order valence-electron chi connectivity index (χ0n) is 22.5. The fraction of sp³-hybridized carbons (Fsp3) is 0.375. The molecular formula is C32H35NO6. The zero-order valence-corrected chi connectivity index (χ0v) is 22.5. The number of amides is 1. The van der Waals surface area contributed by atoms with E-state index < -0.39 is 17.6 Å². The van der Waals surface area contributed by atoms with Crippen LogP contribution in [-0.2, 0) is 33.9 Å². The van der Waals surface area contributed by atoms with Crippen LogP contribution >= 0.6 is 0 Å². The third-order valence-corrected chi connectivity index (χ3v) is 7.90. The van der Waals surface area contributed by atoms with Crippen LogP contribution in [0.5, 0.6) is 11.5 Å². The molecule has 1 saturated carbocycles. The standard InChI is InChI=1S/C32H35NO6/c1-32(31(35)36)19-26-24(17-18-27(37-2)29(26)38-21-22-11-5-3-6-12-22)20-33(32)30(34)28(23-13-7-4-8-14-23)39-25-15-9-10-16-25/h3-8,11-14,17-18,25,28H,9-10,15-16,19-21H2,1-2H3,(H,35,36)/t28-,32-/m0/s1. The summed E-state index contributed by atoms with van der Waals surface area (Å²) in [6, 6.07) is 22.8. The molecule has 2 aliphatic rings. The Labute approximate surface area is 229 Å². The van der Waals surface area contributed by atoms with Gasteiger partial charge in [-0.1, -0.05) is 79.6 Å². The summed E-state index contributed by atoms with van der Waals surface area (Å²) >= 11 is 0. The summed E-state index contributed by atoms with van der Waals surface area (Å²) in [5, 5.41) is 10.5. The third kappa shape index (κ3) is 5.50. The van der Waals surface area contributed by atoms with Gasteiger partial charge >= 0.3 is 5.97 Å². The van der Waals surface area contributed by atoms with Crippen LogP contribution in [0.4, 0.5) is 0 Å². The largest absolute Gasteiger partial charge is 0.493 e. The predicted molar refractivity (Wildman–Crippen MR) is 147 cm³/mol. The Morgan fingerprint density at radius 2 is 1.67 bits per heavy atom. The number of nitrogens with zero attached hydrogens (tertiary/aromatic N) is 1. The number of benzene rings is 3. The molecule has 2 atom stereocenters. The van der Waals surface area contributed by atoms with Gasteiger partial charge in [0, 0.05) is 18.5 Å². The second kappa shape index (κ2) is 11.5. The molecule has 204 valence electrons. The summed E-state index contributed by atoms with van der Waals surface area (Å²) in [6.45, 7) is 2.04. The molecule has 7 heteroatoms. The first-order valence-corrected chi connectivity index (χ1v) is 13.5. The quantitative estimate of drug-likeness (QED) is 0.383. The number of fused-ring (bicyclic) bond motifs is 1. The maximum Gasteiger partial charge on any atom is 0.329 e. The van der Waals surface area contributed by atoms with E-state index in [1.54, 1.807) is 14.0 Å². The van der Waals surface area contributed by atoms with Gasteiger partial charge in [-0.3, -0.25) is 4.79 Å². The molecule has 1 heterocycles. The van der Waals surface area contributed by atoms with Crippen molar-refractivity contribution in [2.45, 2.75) is 69.9 Å². The van der Waals surface area contributed by atoms with E-state index in [2.05, 4.69) is 0 Å². The third-order valence-electron chi connectivity index (χ3n) is 7.90. The first-order valence-electron chi connectivity index (χ1n) is 13.5. The highest BCUT2D eigenvalue weighted by atomic mass is 16.5. The van der Waals surface area contributed by atoms with E-state index in [-0.39, 0.29) is 25.0 Å². The monoisotopic (exact) mass is 529 g/mol. The molecule has 3 aromatic carbocycles. The van der Waals surface area contributed by atoms with Crippen molar-refractivity contribution in [1.29, 1.82) is 0 Å². The second-order valence-electron chi connectivity index (χ2n) is 10.5.